The number of rotatable bonds is 4. The number of amides is 1. The van der Waals surface area contributed by atoms with Gasteiger partial charge in [-0.25, -0.2) is 0 Å². The van der Waals surface area contributed by atoms with Crippen LogP contribution in [0.4, 0.5) is 5.69 Å². The number of carbonyl (C=O) groups is 1. The second-order valence-electron chi connectivity index (χ2n) is 3.54. The molecule has 1 N–H and O–H groups in total. The zero-order valence-corrected chi connectivity index (χ0v) is 11.3. The van der Waals surface area contributed by atoms with E-state index in [0.717, 1.165) is 0 Å². The first-order valence-corrected chi connectivity index (χ1v) is 6.78. The van der Waals surface area contributed by atoms with E-state index in [2.05, 4.69) is 5.32 Å². The monoisotopic (exact) mass is 281 g/mol. The molecule has 0 atom stereocenters. The number of hydrogen-bond donors (Lipinski definition) is 1. The lowest BCUT2D eigenvalue weighted by atomic mass is 10.2. The summed E-state index contributed by atoms with van der Waals surface area (Å²) >= 11 is 7.53. The van der Waals surface area contributed by atoms with E-state index in [0.29, 0.717) is 28.6 Å². The normalized spacial score (nSPS) is 10.1. The Morgan fingerprint density at radius 3 is 2.89 bits per heavy atom. The molecule has 1 aromatic carbocycles. The zero-order chi connectivity index (χ0) is 13.0. The van der Waals surface area contributed by atoms with Crippen LogP contribution in [0.5, 0.6) is 5.75 Å². The van der Waals surface area contributed by atoms with Crippen molar-refractivity contribution < 1.29 is 9.53 Å². The van der Waals surface area contributed by atoms with Crippen molar-refractivity contribution in [3.63, 3.8) is 0 Å². The summed E-state index contributed by atoms with van der Waals surface area (Å²) in [7, 11) is 0. The number of anilines is 1. The maximum absolute atomic E-state index is 11.8. The van der Waals surface area contributed by atoms with Gasteiger partial charge in [-0.2, -0.15) is 11.3 Å². The van der Waals surface area contributed by atoms with Gasteiger partial charge in [0.2, 0.25) is 0 Å². The standard InChI is InChI=1S/C13H12ClNO2S/c1-2-17-12-4-3-10(7-11(12)14)15-13(16)9-5-6-18-8-9/h3-8H,2H2,1H3,(H,15,16). The molecule has 94 valence electrons. The fourth-order valence-electron chi connectivity index (χ4n) is 1.45. The van der Waals surface area contributed by atoms with Crippen LogP contribution >= 0.6 is 22.9 Å². The molecular formula is C13H12ClNO2S. The summed E-state index contributed by atoms with van der Waals surface area (Å²) in [5.41, 5.74) is 1.30. The molecule has 0 radical (unpaired) electrons. The Balaban J connectivity index is 2.11. The maximum Gasteiger partial charge on any atom is 0.256 e. The molecule has 0 saturated heterocycles. The summed E-state index contributed by atoms with van der Waals surface area (Å²) in [4.78, 5) is 11.8. The van der Waals surface area contributed by atoms with Crippen LogP contribution in [0.1, 0.15) is 17.3 Å². The Morgan fingerprint density at radius 2 is 2.28 bits per heavy atom. The van der Waals surface area contributed by atoms with Crippen molar-refractivity contribution in [2.24, 2.45) is 0 Å². The molecule has 0 aliphatic rings. The van der Waals surface area contributed by atoms with Gasteiger partial charge in [0.1, 0.15) is 5.75 Å². The highest BCUT2D eigenvalue weighted by Gasteiger charge is 2.08. The van der Waals surface area contributed by atoms with Crippen molar-refractivity contribution >= 4 is 34.5 Å². The molecule has 0 saturated carbocycles. The minimum Gasteiger partial charge on any atom is -0.492 e. The van der Waals surface area contributed by atoms with Crippen LogP contribution in [0.2, 0.25) is 5.02 Å². The number of carbonyl (C=O) groups excluding carboxylic acids is 1. The van der Waals surface area contributed by atoms with Gasteiger partial charge in [0.15, 0.2) is 0 Å². The first-order valence-electron chi connectivity index (χ1n) is 5.46. The summed E-state index contributed by atoms with van der Waals surface area (Å²) in [6.07, 6.45) is 0. The third-order valence-corrected chi connectivity index (χ3v) is 3.25. The van der Waals surface area contributed by atoms with E-state index < -0.39 is 0 Å². The van der Waals surface area contributed by atoms with Gasteiger partial charge >= 0.3 is 0 Å². The Morgan fingerprint density at radius 1 is 1.44 bits per heavy atom. The van der Waals surface area contributed by atoms with Gasteiger partial charge in [0, 0.05) is 11.1 Å². The molecule has 18 heavy (non-hydrogen) atoms. The second-order valence-corrected chi connectivity index (χ2v) is 4.73. The van der Waals surface area contributed by atoms with E-state index in [-0.39, 0.29) is 5.91 Å². The van der Waals surface area contributed by atoms with Crippen molar-refractivity contribution in [3.8, 4) is 5.75 Å². The Hall–Kier alpha value is -1.52. The minimum absolute atomic E-state index is 0.142. The van der Waals surface area contributed by atoms with Crippen LogP contribution in [-0.2, 0) is 0 Å². The first kappa shape index (κ1) is 12.9. The molecule has 2 rings (SSSR count). The largest absolute Gasteiger partial charge is 0.492 e. The van der Waals surface area contributed by atoms with Crippen molar-refractivity contribution in [2.75, 3.05) is 11.9 Å². The maximum atomic E-state index is 11.8. The van der Waals surface area contributed by atoms with Gasteiger partial charge in [0.25, 0.3) is 5.91 Å². The summed E-state index contributed by atoms with van der Waals surface area (Å²) in [5, 5.41) is 6.93. The molecule has 5 heteroatoms. The number of hydrogen-bond acceptors (Lipinski definition) is 3. The SMILES string of the molecule is CCOc1ccc(NC(=O)c2ccsc2)cc1Cl. The molecule has 1 heterocycles. The Labute approximate surface area is 114 Å². The number of thiophene rings is 1. The zero-order valence-electron chi connectivity index (χ0n) is 9.77. The van der Waals surface area contributed by atoms with E-state index in [1.54, 1.807) is 29.6 Å². The molecule has 1 amide bonds. The first-order chi connectivity index (χ1) is 8.70. The lowest BCUT2D eigenvalue weighted by Crippen LogP contribution is -2.10. The predicted octanol–water partition coefficient (Wildman–Crippen LogP) is 4.05. The molecule has 3 nitrogen and oxygen atoms in total. The van der Waals surface area contributed by atoms with E-state index >= 15 is 0 Å². The van der Waals surface area contributed by atoms with E-state index in [9.17, 15) is 4.79 Å². The molecule has 0 unspecified atom stereocenters. The van der Waals surface area contributed by atoms with Crippen LogP contribution in [0.25, 0.3) is 0 Å². The van der Waals surface area contributed by atoms with Gasteiger partial charge in [-0.15, -0.1) is 0 Å². The topological polar surface area (TPSA) is 38.3 Å². The fraction of sp³-hybridized carbons (Fsp3) is 0.154. The van der Waals surface area contributed by atoms with Crippen LogP contribution in [-0.4, -0.2) is 12.5 Å². The van der Waals surface area contributed by atoms with E-state index in [1.165, 1.54) is 11.3 Å². The highest BCUT2D eigenvalue weighted by atomic mass is 35.5. The van der Waals surface area contributed by atoms with Crippen molar-refractivity contribution in [1.29, 1.82) is 0 Å². The average Bonchev–Trinajstić information content (AvgIpc) is 2.86. The molecular weight excluding hydrogens is 270 g/mol. The van der Waals surface area contributed by atoms with E-state index in [1.807, 2.05) is 12.3 Å². The van der Waals surface area contributed by atoms with Crippen LogP contribution in [0.15, 0.2) is 35.0 Å². The Kier molecular flexibility index (Phi) is 4.23. The summed E-state index contributed by atoms with van der Waals surface area (Å²) < 4.78 is 5.33. The molecule has 0 spiro atoms. The number of benzene rings is 1. The average molecular weight is 282 g/mol. The molecule has 2 aromatic rings. The van der Waals surface area contributed by atoms with Crippen LogP contribution < -0.4 is 10.1 Å². The molecule has 1 aromatic heterocycles. The Bertz CT molecular complexity index is 540. The molecule has 0 aliphatic heterocycles. The van der Waals surface area contributed by atoms with Gasteiger partial charge in [-0.05, 0) is 36.6 Å². The predicted molar refractivity (Wildman–Crippen MR) is 74.9 cm³/mol. The summed E-state index contributed by atoms with van der Waals surface area (Å²) in [6.45, 7) is 2.45. The lowest BCUT2D eigenvalue weighted by Gasteiger charge is -2.08. The van der Waals surface area contributed by atoms with Crippen molar-refractivity contribution in [1.82, 2.24) is 0 Å². The third kappa shape index (κ3) is 3.03. The second kappa shape index (κ2) is 5.89. The van der Waals surface area contributed by atoms with Crippen molar-refractivity contribution in [3.05, 3.63) is 45.6 Å². The lowest BCUT2D eigenvalue weighted by molar-refractivity contribution is 0.102. The highest BCUT2D eigenvalue weighted by Crippen LogP contribution is 2.27. The quantitative estimate of drug-likeness (QED) is 0.918. The van der Waals surface area contributed by atoms with Crippen LogP contribution in [0.3, 0.4) is 0 Å². The van der Waals surface area contributed by atoms with Gasteiger partial charge in [-0.1, -0.05) is 11.6 Å². The van der Waals surface area contributed by atoms with Gasteiger partial charge in [0.05, 0.1) is 17.2 Å². The third-order valence-electron chi connectivity index (χ3n) is 2.27. The number of halogens is 1. The summed E-state index contributed by atoms with van der Waals surface area (Å²) in [5.74, 6) is 0.476. The van der Waals surface area contributed by atoms with E-state index in [4.69, 9.17) is 16.3 Å². The molecule has 0 fully saturated rings. The minimum atomic E-state index is -0.142. The van der Waals surface area contributed by atoms with Crippen LogP contribution in [0, 0.1) is 0 Å². The number of ether oxygens (including phenoxy) is 1. The van der Waals surface area contributed by atoms with Gasteiger partial charge < -0.3 is 10.1 Å². The van der Waals surface area contributed by atoms with Gasteiger partial charge in [-0.3, -0.25) is 4.79 Å². The molecule has 0 bridgehead atoms. The smallest absolute Gasteiger partial charge is 0.256 e. The molecule has 0 aliphatic carbocycles. The fourth-order valence-corrected chi connectivity index (χ4v) is 2.32. The number of nitrogens with one attached hydrogen (secondary N) is 1. The van der Waals surface area contributed by atoms with Crippen molar-refractivity contribution in [2.45, 2.75) is 6.92 Å². The summed E-state index contributed by atoms with van der Waals surface area (Å²) in [6, 6.07) is 6.96. The highest BCUT2D eigenvalue weighted by molar-refractivity contribution is 7.08.